The predicted octanol–water partition coefficient (Wildman–Crippen LogP) is 4.25. The molecule has 1 saturated carbocycles. The molecule has 0 unspecified atom stereocenters. The van der Waals surface area contributed by atoms with Crippen LogP contribution in [0.2, 0.25) is 5.02 Å². The highest BCUT2D eigenvalue weighted by molar-refractivity contribution is 6.31. The monoisotopic (exact) mass is 265 g/mol. The van der Waals surface area contributed by atoms with E-state index in [1.807, 2.05) is 12.1 Å². The van der Waals surface area contributed by atoms with Gasteiger partial charge in [0.1, 0.15) is 0 Å². The molecule has 1 nitrogen and oxygen atoms in total. The molecule has 2 rings (SSSR count). The molecule has 1 N–H and O–H groups in total. The zero-order valence-electron chi connectivity index (χ0n) is 11.7. The number of benzene rings is 1. The molecule has 0 radical (unpaired) electrons. The molecule has 2 heteroatoms. The molecule has 1 aliphatic rings. The lowest BCUT2D eigenvalue weighted by molar-refractivity contribution is 0.0983. The standard InChI is InChI=1S/C16H24ClN/c1-4-18-11-16(9-13(10-16)12(2)3)14-7-5-6-8-15(14)17/h5-8,12-13,18H,4,9-11H2,1-3H3. The zero-order valence-corrected chi connectivity index (χ0v) is 12.4. The van der Waals surface area contributed by atoms with E-state index in [2.05, 4.69) is 38.2 Å². The summed E-state index contributed by atoms with van der Waals surface area (Å²) in [5, 5.41) is 4.45. The van der Waals surface area contributed by atoms with Gasteiger partial charge in [-0.3, -0.25) is 0 Å². The van der Waals surface area contributed by atoms with E-state index in [0.29, 0.717) is 0 Å². The first-order valence-corrected chi connectivity index (χ1v) is 7.42. The minimum absolute atomic E-state index is 0.267. The van der Waals surface area contributed by atoms with Crippen LogP contribution in [0.1, 0.15) is 39.2 Å². The van der Waals surface area contributed by atoms with E-state index in [0.717, 1.165) is 29.9 Å². The van der Waals surface area contributed by atoms with Crippen molar-refractivity contribution in [2.24, 2.45) is 11.8 Å². The lowest BCUT2D eigenvalue weighted by Crippen LogP contribution is -2.50. The van der Waals surface area contributed by atoms with Gasteiger partial charge in [-0.2, -0.15) is 0 Å². The van der Waals surface area contributed by atoms with Gasteiger partial charge in [0, 0.05) is 17.0 Å². The topological polar surface area (TPSA) is 12.0 Å². The Hall–Kier alpha value is -0.530. The fourth-order valence-electron chi connectivity index (χ4n) is 3.13. The molecule has 1 fully saturated rings. The Balaban J connectivity index is 2.20. The summed E-state index contributed by atoms with van der Waals surface area (Å²) in [7, 11) is 0. The summed E-state index contributed by atoms with van der Waals surface area (Å²) < 4.78 is 0. The van der Waals surface area contributed by atoms with Crippen molar-refractivity contribution in [1.82, 2.24) is 5.32 Å². The molecule has 0 amide bonds. The number of nitrogens with one attached hydrogen (secondary N) is 1. The normalized spacial score (nSPS) is 27.3. The molecule has 0 atom stereocenters. The molecule has 1 aromatic carbocycles. The molecular formula is C16H24ClN. The second kappa shape index (κ2) is 5.63. The Morgan fingerprint density at radius 3 is 2.56 bits per heavy atom. The predicted molar refractivity (Wildman–Crippen MR) is 79.2 cm³/mol. The van der Waals surface area contributed by atoms with Crippen molar-refractivity contribution in [3.8, 4) is 0 Å². The van der Waals surface area contributed by atoms with Gasteiger partial charge in [-0.1, -0.05) is 50.6 Å². The Morgan fingerprint density at radius 2 is 2.00 bits per heavy atom. The third kappa shape index (κ3) is 2.57. The molecule has 0 spiro atoms. The summed E-state index contributed by atoms with van der Waals surface area (Å²) >= 11 is 6.40. The molecule has 18 heavy (non-hydrogen) atoms. The van der Waals surface area contributed by atoms with Gasteiger partial charge < -0.3 is 5.32 Å². The highest BCUT2D eigenvalue weighted by Crippen LogP contribution is 2.51. The quantitative estimate of drug-likeness (QED) is 0.839. The van der Waals surface area contributed by atoms with Gasteiger partial charge in [0.05, 0.1) is 0 Å². The molecule has 0 saturated heterocycles. The number of likely N-dealkylation sites (N-methyl/N-ethyl adjacent to an activating group) is 1. The minimum atomic E-state index is 0.267. The lowest BCUT2D eigenvalue weighted by Gasteiger charge is -2.50. The van der Waals surface area contributed by atoms with Gasteiger partial charge in [0.15, 0.2) is 0 Å². The van der Waals surface area contributed by atoms with Crippen LogP contribution in [0.25, 0.3) is 0 Å². The van der Waals surface area contributed by atoms with Crippen LogP contribution in [-0.4, -0.2) is 13.1 Å². The van der Waals surface area contributed by atoms with Crippen LogP contribution < -0.4 is 5.32 Å². The van der Waals surface area contributed by atoms with Crippen LogP contribution >= 0.6 is 11.6 Å². The van der Waals surface area contributed by atoms with Gasteiger partial charge in [-0.25, -0.2) is 0 Å². The lowest BCUT2D eigenvalue weighted by atomic mass is 9.56. The van der Waals surface area contributed by atoms with E-state index >= 15 is 0 Å². The van der Waals surface area contributed by atoms with E-state index < -0.39 is 0 Å². The largest absolute Gasteiger partial charge is 0.316 e. The Labute approximate surface area is 116 Å². The summed E-state index contributed by atoms with van der Waals surface area (Å²) in [6, 6.07) is 8.35. The summed E-state index contributed by atoms with van der Waals surface area (Å²) in [5.41, 5.74) is 1.60. The van der Waals surface area contributed by atoms with Crippen molar-refractivity contribution in [2.75, 3.05) is 13.1 Å². The average Bonchev–Trinajstić information content (AvgIpc) is 2.29. The minimum Gasteiger partial charge on any atom is -0.316 e. The fourth-order valence-corrected chi connectivity index (χ4v) is 3.47. The van der Waals surface area contributed by atoms with Crippen molar-refractivity contribution in [3.05, 3.63) is 34.9 Å². The SMILES string of the molecule is CCNCC1(c2ccccc2Cl)CC(C(C)C)C1. The maximum absolute atomic E-state index is 6.40. The maximum atomic E-state index is 6.40. The Kier molecular flexibility index (Phi) is 4.34. The Bertz CT molecular complexity index is 394. The summed E-state index contributed by atoms with van der Waals surface area (Å²) in [5.74, 6) is 1.63. The number of hydrogen-bond donors (Lipinski definition) is 1. The zero-order chi connectivity index (χ0) is 13.2. The van der Waals surface area contributed by atoms with E-state index in [-0.39, 0.29) is 5.41 Å². The van der Waals surface area contributed by atoms with E-state index in [1.54, 1.807) is 0 Å². The van der Waals surface area contributed by atoms with Crippen molar-refractivity contribution in [1.29, 1.82) is 0 Å². The molecule has 0 aromatic heterocycles. The third-order valence-electron chi connectivity index (χ3n) is 4.41. The summed E-state index contributed by atoms with van der Waals surface area (Å²) in [6.45, 7) is 8.90. The van der Waals surface area contributed by atoms with Crippen LogP contribution in [0.3, 0.4) is 0 Å². The van der Waals surface area contributed by atoms with E-state index in [1.165, 1.54) is 18.4 Å². The van der Waals surface area contributed by atoms with Crippen molar-refractivity contribution < 1.29 is 0 Å². The first-order chi connectivity index (χ1) is 8.59. The van der Waals surface area contributed by atoms with Gasteiger partial charge in [0.25, 0.3) is 0 Å². The highest BCUT2D eigenvalue weighted by atomic mass is 35.5. The first-order valence-electron chi connectivity index (χ1n) is 7.05. The average molecular weight is 266 g/mol. The molecule has 0 heterocycles. The number of rotatable bonds is 5. The van der Waals surface area contributed by atoms with E-state index in [4.69, 9.17) is 11.6 Å². The summed E-state index contributed by atoms with van der Waals surface area (Å²) in [6.07, 6.45) is 2.53. The van der Waals surface area contributed by atoms with Gasteiger partial charge in [-0.15, -0.1) is 0 Å². The van der Waals surface area contributed by atoms with Crippen LogP contribution in [0.5, 0.6) is 0 Å². The smallest absolute Gasteiger partial charge is 0.0444 e. The van der Waals surface area contributed by atoms with Crippen LogP contribution in [0.15, 0.2) is 24.3 Å². The molecule has 1 aliphatic carbocycles. The van der Waals surface area contributed by atoms with Gasteiger partial charge >= 0.3 is 0 Å². The maximum Gasteiger partial charge on any atom is 0.0444 e. The molecule has 0 bridgehead atoms. The fraction of sp³-hybridized carbons (Fsp3) is 0.625. The number of halogens is 1. The third-order valence-corrected chi connectivity index (χ3v) is 4.74. The van der Waals surface area contributed by atoms with Crippen LogP contribution in [0.4, 0.5) is 0 Å². The van der Waals surface area contributed by atoms with Crippen LogP contribution in [0, 0.1) is 11.8 Å². The van der Waals surface area contributed by atoms with Gasteiger partial charge in [-0.05, 0) is 42.9 Å². The van der Waals surface area contributed by atoms with Crippen molar-refractivity contribution in [3.63, 3.8) is 0 Å². The highest BCUT2D eigenvalue weighted by Gasteiger charge is 2.46. The molecule has 100 valence electrons. The summed E-state index contributed by atoms with van der Waals surface area (Å²) in [4.78, 5) is 0. The van der Waals surface area contributed by atoms with Crippen molar-refractivity contribution >= 4 is 11.6 Å². The van der Waals surface area contributed by atoms with E-state index in [9.17, 15) is 0 Å². The molecule has 0 aliphatic heterocycles. The molecule has 1 aromatic rings. The van der Waals surface area contributed by atoms with Crippen molar-refractivity contribution in [2.45, 2.75) is 39.0 Å². The van der Waals surface area contributed by atoms with Crippen LogP contribution in [-0.2, 0) is 5.41 Å². The first kappa shape index (κ1) is 13.9. The number of hydrogen-bond acceptors (Lipinski definition) is 1. The Morgan fingerprint density at radius 1 is 1.33 bits per heavy atom. The van der Waals surface area contributed by atoms with Gasteiger partial charge in [0.2, 0.25) is 0 Å². The second-order valence-corrected chi connectivity index (χ2v) is 6.36. The second-order valence-electron chi connectivity index (χ2n) is 5.95. The molecular weight excluding hydrogens is 242 g/mol.